The van der Waals surface area contributed by atoms with E-state index in [0.29, 0.717) is 30.0 Å². The van der Waals surface area contributed by atoms with E-state index in [9.17, 15) is 0 Å². The average Bonchev–Trinajstić information content (AvgIpc) is 2.85. The summed E-state index contributed by atoms with van der Waals surface area (Å²) in [5.74, 6) is 1.55. The molecule has 2 aromatic rings. The minimum atomic E-state index is 0.411. The number of hydrogen-bond donors (Lipinski definition) is 1. The minimum absolute atomic E-state index is 0.411. The minimum Gasteiger partial charge on any atom is -0.487 e. The van der Waals surface area contributed by atoms with Gasteiger partial charge in [0.15, 0.2) is 0 Å². The standard InChI is InChI=1S/C15H17BrClNO2/c1-10(2)18-8-15-11(5-6-19-15)9-20-14-7-12(16)3-4-13(14)17/h3-7,10,18H,8-9H2,1-2H3. The molecule has 0 saturated heterocycles. The highest BCUT2D eigenvalue weighted by Crippen LogP contribution is 2.29. The molecule has 0 aliphatic rings. The molecule has 0 aliphatic carbocycles. The first-order valence-corrected chi connectivity index (χ1v) is 7.60. The van der Waals surface area contributed by atoms with Crippen molar-refractivity contribution in [3.05, 3.63) is 51.3 Å². The zero-order chi connectivity index (χ0) is 14.5. The summed E-state index contributed by atoms with van der Waals surface area (Å²) < 4.78 is 12.2. The van der Waals surface area contributed by atoms with Crippen molar-refractivity contribution >= 4 is 27.5 Å². The Labute approximate surface area is 132 Å². The normalized spacial score (nSPS) is 11.1. The molecule has 1 aromatic heterocycles. The second-order valence-corrected chi connectivity index (χ2v) is 6.09. The van der Waals surface area contributed by atoms with Gasteiger partial charge in [0.2, 0.25) is 0 Å². The van der Waals surface area contributed by atoms with Crippen molar-refractivity contribution in [2.24, 2.45) is 0 Å². The summed E-state index contributed by atoms with van der Waals surface area (Å²) in [6.45, 7) is 5.32. The van der Waals surface area contributed by atoms with E-state index in [2.05, 4.69) is 35.1 Å². The molecule has 0 fully saturated rings. The molecule has 1 N–H and O–H groups in total. The summed E-state index contributed by atoms with van der Waals surface area (Å²) in [6.07, 6.45) is 1.68. The van der Waals surface area contributed by atoms with Crippen LogP contribution in [0, 0.1) is 0 Å². The van der Waals surface area contributed by atoms with Crippen molar-refractivity contribution in [3.63, 3.8) is 0 Å². The second kappa shape index (κ2) is 7.16. The number of furan rings is 1. The first kappa shape index (κ1) is 15.4. The van der Waals surface area contributed by atoms with Gasteiger partial charge >= 0.3 is 0 Å². The largest absolute Gasteiger partial charge is 0.487 e. The van der Waals surface area contributed by atoms with Gasteiger partial charge in [0.25, 0.3) is 0 Å². The van der Waals surface area contributed by atoms with Crippen LogP contribution in [0.4, 0.5) is 0 Å². The Morgan fingerprint density at radius 1 is 1.35 bits per heavy atom. The molecule has 0 spiro atoms. The van der Waals surface area contributed by atoms with E-state index in [1.807, 2.05) is 18.2 Å². The molecule has 108 valence electrons. The maximum absolute atomic E-state index is 6.10. The highest BCUT2D eigenvalue weighted by molar-refractivity contribution is 9.10. The van der Waals surface area contributed by atoms with Crippen LogP contribution in [0.1, 0.15) is 25.2 Å². The quantitative estimate of drug-likeness (QED) is 0.807. The molecule has 0 unspecified atom stereocenters. The Hall–Kier alpha value is -0.970. The van der Waals surface area contributed by atoms with Crippen molar-refractivity contribution in [2.75, 3.05) is 0 Å². The van der Waals surface area contributed by atoms with Gasteiger partial charge in [-0.1, -0.05) is 41.4 Å². The Morgan fingerprint density at radius 2 is 2.15 bits per heavy atom. The third-order valence-electron chi connectivity index (χ3n) is 2.78. The van der Waals surface area contributed by atoms with Crippen LogP contribution >= 0.6 is 27.5 Å². The molecule has 0 saturated carbocycles. The van der Waals surface area contributed by atoms with Crippen LogP contribution in [-0.4, -0.2) is 6.04 Å². The van der Waals surface area contributed by atoms with Gasteiger partial charge in [0.1, 0.15) is 18.1 Å². The first-order chi connectivity index (χ1) is 9.56. The van der Waals surface area contributed by atoms with E-state index in [-0.39, 0.29) is 0 Å². The monoisotopic (exact) mass is 357 g/mol. The van der Waals surface area contributed by atoms with Gasteiger partial charge in [-0.3, -0.25) is 0 Å². The third-order valence-corrected chi connectivity index (χ3v) is 3.59. The van der Waals surface area contributed by atoms with Crippen LogP contribution < -0.4 is 10.1 Å². The van der Waals surface area contributed by atoms with Crippen molar-refractivity contribution in [3.8, 4) is 5.75 Å². The molecule has 0 atom stereocenters. The van der Waals surface area contributed by atoms with Crippen LogP contribution in [0.2, 0.25) is 5.02 Å². The van der Waals surface area contributed by atoms with Gasteiger partial charge in [0, 0.05) is 16.1 Å². The lowest BCUT2D eigenvalue weighted by atomic mass is 10.2. The molecule has 1 aromatic carbocycles. The molecule has 0 amide bonds. The summed E-state index contributed by atoms with van der Waals surface area (Å²) in [4.78, 5) is 0. The van der Waals surface area contributed by atoms with Crippen molar-refractivity contribution in [1.82, 2.24) is 5.32 Å². The van der Waals surface area contributed by atoms with Crippen molar-refractivity contribution in [1.29, 1.82) is 0 Å². The number of benzene rings is 1. The Kier molecular flexibility index (Phi) is 5.52. The molecule has 5 heteroatoms. The number of nitrogens with one attached hydrogen (secondary N) is 1. The van der Waals surface area contributed by atoms with Gasteiger partial charge in [-0.05, 0) is 24.3 Å². The molecule has 2 rings (SSSR count). The summed E-state index contributed by atoms with van der Waals surface area (Å²) in [5, 5.41) is 3.92. The second-order valence-electron chi connectivity index (χ2n) is 4.77. The molecule has 0 bridgehead atoms. The topological polar surface area (TPSA) is 34.4 Å². The molecular weight excluding hydrogens is 342 g/mol. The van der Waals surface area contributed by atoms with E-state index < -0.39 is 0 Å². The molecule has 0 aliphatic heterocycles. The maximum Gasteiger partial charge on any atom is 0.139 e. The maximum atomic E-state index is 6.10. The van der Waals surface area contributed by atoms with Crippen LogP contribution in [0.15, 0.2) is 39.4 Å². The molecule has 3 nitrogen and oxygen atoms in total. The fraction of sp³-hybridized carbons (Fsp3) is 0.333. The van der Waals surface area contributed by atoms with Crippen molar-refractivity contribution < 1.29 is 9.15 Å². The van der Waals surface area contributed by atoms with Crippen LogP contribution in [0.5, 0.6) is 5.75 Å². The van der Waals surface area contributed by atoms with E-state index in [4.69, 9.17) is 20.8 Å². The summed E-state index contributed by atoms with van der Waals surface area (Å²) in [7, 11) is 0. The highest BCUT2D eigenvalue weighted by atomic mass is 79.9. The Bertz CT molecular complexity index is 569. The fourth-order valence-electron chi connectivity index (χ4n) is 1.69. The summed E-state index contributed by atoms with van der Waals surface area (Å²) in [5.41, 5.74) is 1.02. The summed E-state index contributed by atoms with van der Waals surface area (Å²) in [6, 6.07) is 7.87. The zero-order valence-corrected chi connectivity index (χ0v) is 13.8. The molecular formula is C15H17BrClNO2. The van der Waals surface area contributed by atoms with E-state index in [1.54, 1.807) is 12.3 Å². The molecule has 1 heterocycles. The SMILES string of the molecule is CC(C)NCc1occc1COc1cc(Br)ccc1Cl. The van der Waals surface area contributed by atoms with Gasteiger partial charge in [-0.15, -0.1) is 0 Å². The van der Waals surface area contributed by atoms with Gasteiger partial charge < -0.3 is 14.5 Å². The van der Waals surface area contributed by atoms with Crippen LogP contribution in [0.3, 0.4) is 0 Å². The number of halogens is 2. The lowest BCUT2D eigenvalue weighted by Gasteiger charge is -2.10. The van der Waals surface area contributed by atoms with E-state index >= 15 is 0 Å². The van der Waals surface area contributed by atoms with Gasteiger partial charge in [-0.2, -0.15) is 0 Å². The molecule has 0 radical (unpaired) electrons. The van der Waals surface area contributed by atoms with Gasteiger partial charge in [0.05, 0.1) is 17.8 Å². The molecule has 20 heavy (non-hydrogen) atoms. The lowest BCUT2D eigenvalue weighted by Crippen LogP contribution is -2.22. The average molecular weight is 359 g/mol. The zero-order valence-electron chi connectivity index (χ0n) is 11.5. The van der Waals surface area contributed by atoms with Gasteiger partial charge in [-0.25, -0.2) is 0 Å². The predicted octanol–water partition coefficient (Wildman–Crippen LogP) is 4.77. The number of rotatable bonds is 6. The van der Waals surface area contributed by atoms with Crippen molar-refractivity contribution in [2.45, 2.75) is 33.0 Å². The number of hydrogen-bond acceptors (Lipinski definition) is 3. The van der Waals surface area contributed by atoms with Crippen LogP contribution in [-0.2, 0) is 13.2 Å². The third kappa shape index (κ3) is 4.27. The van der Waals surface area contributed by atoms with E-state index in [1.165, 1.54) is 0 Å². The Morgan fingerprint density at radius 3 is 2.90 bits per heavy atom. The van der Waals surface area contributed by atoms with Crippen LogP contribution in [0.25, 0.3) is 0 Å². The first-order valence-electron chi connectivity index (χ1n) is 6.42. The smallest absolute Gasteiger partial charge is 0.139 e. The number of ether oxygens (including phenoxy) is 1. The van der Waals surface area contributed by atoms with E-state index in [0.717, 1.165) is 15.8 Å². The predicted molar refractivity (Wildman–Crippen MR) is 84.2 cm³/mol. The fourth-order valence-corrected chi connectivity index (χ4v) is 2.20. The lowest BCUT2D eigenvalue weighted by molar-refractivity contribution is 0.301. The highest BCUT2D eigenvalue weighted by Gasteiger charge is 2.09. The summed E-state index contributed by atoms with van der Waals surface area (Å²) >= 11 is 9.50. The Balaban J connectivity index is 2.00.